The summed E-state index contributed by atoms with van der Waals surface area (Å²) in [5, 5.41) is 9.72. The minimum Gasteiger partial charge on any atom is -0.381 e. The van der Waals surface area contributed by atoms with Crippen LogP contribution in [0.4, 0.5) is 0 Å². The molecule has 4 heteroatoms. The third kappa shape index (κ3) is 2.64. The first-order chi connectivity index (χ1) is 6.10. The highest BCUT2D eigenvalue weighted by molar-refractivity contribution is 4.80. The summed E-state index contributed by atoms with van der Waals surface area (Å²) in [6.45, 7) is 1.62. The molecular formula is C9H19NO3. The van der Waals surface area contributed by atoms with Crippen LogP contribution in [0.15, 0.2) is 0 Å². The van der Waals surface area contributed by atoms with Gasteiger partial charge in [-0.1, -0.05) is 0 Å². The summed E-state index contributed by atoms with van der Waals surface area (Å²) in [5.41, 5.74) is 0. The van der Waals surface area contributed by atoms with Crippen molar-refractivity contribution in [3.63, 3.8) is 0 Å². The number of rotatable bonds is 3. The number of methoxy groups -OCH3 is 1. The Labute approximate surface area is 79.0 Å². The van der Waals surface area contributed by atoms with Crippen LogP contribution >= 0.6 is 0 Å². The lowest BCUT2D eigenvalue weighted by Crippen LogP contribution is -2.42. The Kier molecular flexibility index (Phi) is 3.67. The van der Waals surface area contributed by atoms with Crippen LogP contribution in [0, 0.1) is 5.92 Å². The topological polar surface area (TPSA) is 64.7 Å². The number of nitrogens with two attached hydrogens (primary N) is 1. The van der Waals surface area contributed by atoms with E-state index in [2.05, 4.69) is 4.84 Å². The van der Waals surface area contributed by atoms with Crippen molar-refractivity contribution in [3.05, 3.63) is 0 Å². The normalized spacial score (nSPS) is 34.2. The van der Waals surface area contributed by atoms with Crippen LogP contribution in [-0.4, -0.2) is 24.1 Å². The van der Waals surface area contributed by atoms with Crippen LogP contribution in [0.5, 0.6) is 0 Å². The molecule has 1 aliphatic rings. The fourth-order valence-corrected chi connectivity index (χ4v) is 1.93. The van der Waals surface area contributed by atoms with Gasteiger partial charge < -0.3 is 9.84 Å². The van der Waals surface area contributed by atoms with Crippen LogP contribution in [0.3, 0.4) is 0 Å². The Balaban J connectivity index is 2.40. The molecule has 1 saturated carbocycles. The van der Waals surface area contributed by atoms with E-state index in [4.69, 9.17) is 10.6 Å². The molecule has 0 aromatic rings. The monoisotopic (exact) mass is 189 g/mol. The molecule has 4 nitrogen and oxygen atoms in total. The molecule has 0 saturated heterocycles. The Hall–Kier alpha value is -0.160. The van der Waals surface area contributed by atoms with Gasteiger partial charge in [-0.15, -0.1) is 0 Å². The second-order valence-corrected chi connectivity index (χ2v) is 3.88. The summed E-state index contributed by atoms with van der Waals surface area (Å²) >= 11 is 0. The van der Waals surface area contributed by atoms with Crippen LogP contribution in [0.25, 0.3) is 0 Å². The Bertz CT molecular complexity index is 153. The standard InChI is InChI=1S/C9H19NO3/c1-9(11,13-10)7-3-5-8(12-2)6-4-7/h7-8,11H,3-6,10H2,1-2H3. The lowest BCUT2D eigenvalue weighted by molar-refractivity contribution is -0.235. The van der Waals surface area contributed by atoms with E-state index in [1.54, 1.807) is 14.0 Å². The molecule has 0 bridgehead atoms. The molecule has 1 rings (SSSR count). The highest BCUT2D eigenvalue weighted by Gasteiger charge is 2.35. The molecule has 0 radical (unpaired) electrons. The first-order valence-electron chi connectivity index (χ1n) is 4.73. The van der Waals surface area contributed by atoms with Crippen molar-refractivity contribution in [2.75, 3.05) is 7.11 Å². The smallest absolute Gasteiger partial charge is 0.184 e. The predicted molar refractivity (Wildman–Crippen MR) is 48.7 cm³/mol. The predicted octanol–water partition coefficient (Wildman–Crippen LogP) is 0.790. The minimum atomic E-state index is -1.18. The van der Waals surface area contributed by atoms with Gasteiger partial charge in [-0.25, -0.2) is 5.90 Å². The van der Waals surface area contributed by atoms with Crippen LogP contribution < -0.4 is 5.90 Å². The zero-order chi connectivity index (χ0) is 9.90. The van der Waals surface area contributed by atoms with Crippen molar-refractivity contribution >= 4 is 0 Å². The molecule has 1 fully saturated rings. The van der Waals surface area contributed by atoms with Gasteiger partial charge in [0, 0.05) is 13.0 Å². The zero-order valence-electron chi connectivity index (χ0n) is 8.32. The molecule has 78 valence electrons. The van der Waals surface area contributed by atoms with Gasteiger partial charge in [0.1, 0.15) is 0 Å². The van der Waals surface area contributed by atoms with E-state index in [0.29, 0.717) is 6.10 Å². The van der Waals surface area contributed by atoms with Gasteiger partial charge in [0.25, 0.3) is 0 Å². The van der Waals surface area contributed by atoms with E-state index in [0.717, 1.165) is 25.7 Å². The SMILES string of the molecule is COC1CCC(C(C)(O)ON)CC1. The van der Waals surface area contributed by atoms with E-state index in [1.807, 2.05) is 0 Å². The first kappa shape index (κ1) is 10.9. The van der Waals surface area contributed by atoms with Gasteiger partial charge in [-0.2, -0.15) is 0 Å². The van der Waals surface area contributed by atoms with Gasteiger partial charge in [0.2, 0.25) is 0 Å². The fraction of sp³-hybridized carbons (Fsp3) is 1.00. The molecule has 1 aliphatic carbocycles. The lowest BCUT2D eigenvalue weighted by Gasteiger charge is -2.35. The van der Waals surface area contributed by atoms with E-state index in [9.17, 15) is 5.11 Å². The molecule has 0 aromatic heterocycles. The van der Waals surface area contributed by atoms with Crippen molar-refractivity contribution in [2.24, 2.45) is 11.8 Å². The van der Waals surface area contributed by atoms with E-state index < -0.39 is 5.79 Å². The third-order valence-corrected chi connectivity index (χ3v) is 3.00. The number of ether oxygens (including phenoxy) is 1. The third-order valence-electron chi connectivity index (χ3n) is 3.00. The summed E-state index contributed by atoms with van der Waals surface area (Å²) in [4.78, 5) is 4.56. The molecule has 0 amide bonds. The maximum absolute atomic E-state index is 9.72. The number of aliphatic hydroxyl groups is 1. The molecule has 0 aliphatic heterocycles. The molecule has 0 spiro atoms. The highest BCUT2D eigenvalue weighted by atomic mass is 16.7. The summed E-state index contributed by atoms with van der Waals surface area (Å²) in [6.07, 6.45) is 4.09. The average Bonchev–Trinajstić information content (AvgIpc) is 2.18. The second-order valence-electron chi connectivity index (χ2n) is 3.88. The largest absolute Gasteiger partial charge is 0.381 e. The molecule has 13 heavy (non-hydrogen) atoms. The van der Waals surface area contributed by atoms with E-state index >= 15 is 0 Å². The molecule has 1 unspecified atom stereocenters. The first-order valence-corrected chi connectivity index (χ1v) is 4.73. The number of hydrogen-bond acceptors (Lipinski definition) is 4. The summed E-state index contributed by atoms with van der Waals surface area (Å²) in [5.74, 6) is 3.97. The summed E-state index contributed by atoms with van der Waals surface area (Å²) in [6, 6.07) is 0. The van der Waals surface area contributed by atoms with Crippen molar-refractivity contribution in [1.82, 2.24) is 0 Å². The second kappa shape index (κ2) is 4.37. The summed E-state index contributed by atoms with van der Waals surface area (Å²) < 4.78 is 5.23. The van der Waals surface area contributed by atoms with Crippen LogP contribution in [-0.2, 0) is 9.57 Å². The van der Waals surface area contributed by atoms with Crippen molar-refractivity contribution < 1.29 is 14.7 Å². The summed E-state index contributed by atoms with van der Waals surface area (Å²) in [7, 11) is 1.72. The van der Waals surface area contributed by atoms with E-state index in [1.165, 1.54) is 0 Å². The Morgan fingerprint density at radius 3 is 2.23 bits per heavy atom. The van der Waals surface area contributed by atoms with Gasteiger partial charge in [-0.05, 0) is 32.6 Å². The van der Waals surface area contributed by atoms with Crippen molar-refractivity contribution in [1.29, 1.82) is 0 Å². The molecule has 1 atom stereocenters. The van der Waals surface area contributed by atoms with Crippen molar-refractivity contribution in [2.45, 2.75) is 44.5 Å². The maximum Gasteiger partial charge on any atom is 0.184 e. The lowest BCUT2D eigenvalue weighted by atomic mass is 9.82. The van der Waals surface area contributed by atoms with Gasteiger partial charge in [0.05, 0.1) is 6.10 Å². The van der Waals surface area contributed by atoms with Gasteiger partial charge in [0.15, 0.2) is 5.79 Å². The zero-order valence-corrected chi connectivity index (χ0v) is 8.32. The van der Waals surface area contributed by atoms with Gasteiger partial charge in [-0.3, -0.25) is 4.84 Å². The van der Waals surface area contributed by atoms with E-state index in [-0.39, 0.29) is 5.92 Å². The maximum atomic E-state index is 9.72. The highest BCUT2D eigenvalue weighted by Crippen LogP contribution is 2.33. The minimum absolute atomic E-state index is 0.129. The Morgan fingerprint density at radius 2 is 1.85 bits per heavy atom. The molecular weight excluding hydrogens is 170 g/mol. The van der Waals surface area contributed by atoms with Crippen molar-refractivity contribution in [3.8, 4) is 0 Å². The molecule has 0 heterocycles. The van der Waals surface area contributed by atoms with Crippen LogP contribution in [0.2, 0.25) is 0 Å². The molecule has 3 N–H and O–H groups in total. The molecule has 0 aromatic carbocycles. The quantitative estimate of drug-likeness (QED) is 0.509. The van der Waals surface area contributed by atoms with Crippen LogP contribution in [0.1, 0.15) is 32.6 Å². The fourth-order valence-electron chi connectivity index (χ4n) is 1.93. The average molecular weight is 189 g/mol. The number of hydrogen-bond donors (Lipinski definition) is 2. The Morgan fingerprint density at radius 1 is 1.31 bits per heavy atom. The van der Waals surface area contributed by atoms with Gasteiger partial charge >= 0.3 is 0 Å².